The Bertz CT molecular complexity index is 1100. The lowest BCUT2D eigenvalue weighted by Crippen LogP contribution is -2.13. The largest absolute Gasteiger partial charge is 0.487 e. The highest BCUT2D eigenvalue weighted by Gasteiger charge is 2.20. The van der Waals surface area contributed by atoms with E-state index in [1.165, 1.54) is 18.2 Å². The summed E-state index contributed by atoms with van der Waals surface area (Å²) in [6, 6.07) is 13.0. The molecule has 0 aliphatic carbocycles. The van der Waals surface area contributed by atoms with E-state index < -0.39 is 10.8 Å². The first-order valence-corrected chi connectivity index (χ1v) is 9.32. The summed E-state index contributed by atoms with van der Waals surface area (Å²) in [6.45, 7) is 5.92. The summed E-state index contributed by atoms with van der Waals surface area (Å²) in [6.07, 6.45) is 1.55. The molecule has 0 atom stereocenters. The molecular formula is C22H21N3O5. The van der Waals surface area contributed by atoms with Crippen LogP contribution in [0.15, 0.2) is 54.7 Å². The Morgan fingerprint density at radius 2 is 1.93 bits per heavy atom. The SMILES string of the molecule is CCOc1ccc(C(=O)Nc2cccnc2Oc2cccc(C)c2C)cc1[N+](=O)[O-]. The van der Waals surface area contributed by atoms with Crippen LogP contribution in [-0.4, -0.2) is 22.4 Å². The van der Waals surface area contributed by atoms with Crippen molar-refractivity contribution in [1.29, 1.82) is 0 Å². The molecule has 1 aromatic heterocycles. The van der Waals surface area contributed by atoms with E-state index in [1.807, 2.05) is 32.0 Å². The summed E-state index contributed by atoms with van der Waals surface area (Å²) in [5.41, 5.74) is 2.22. The molecule has 8 nitrogen and oxygen atoms in total. The molecule has 8 heteroatoms. The Balaban J connectivity index is 1.87. The first-order valence-electron chi connectivity index (χ1n) is 9.32. The molecule has 1 N–H and O–H groups in total. The third-order valence-corrected chi connectivity index (χ3v) is 4.50. The van der Waals surface area contributed by atoms with Gasteiger partial charge in [-0.1, -0.05) is 12.1 Å². The van der Waals surface area contributed by atoms with E-state index in [-0.39, 0.29) is 29.5 Å². The Hall–Kier alpha value is -3.94. The number of benzene rings is 2. The van der Waals surface area contributed by atoms with Crippen molar-refractivity contribution >= 4 is 17.3 Å². The van der Waals surface area contributed by atoms with Crippen molar-refractivity contribution in [3.8, 4) is 17.4 Å². The Labute approximate surface area is 173 Å². The van der Waals surface area contributed by atoms with Gasteiger partial charge in [0.15, 0.2) is 5.75 Å². The van der Waals surface area contributed by atoms with E-state index in [0.717, 1.165) is 11.1 Å². The van der Waals surface area contributed by atoms with Gasteiger partial charge in [0.2, 0.25) is 5.88 Å². The number of nitrogens with zero attached hydrogens (tertiary/aromatic N) is 2. The van der Waals surface area contributed by atoms with E-state index in [9.17, 15) is 14.9 Å². The molecule has 1 amide bonds. The average molecular weight is 407 g/mol. The lowest BCUT2D eigenvalue weighted by molar-refractivity contribution is -0.385. The van der Waals surface area contributed by atoms with Crippen molar-refractivity contribution in [2.24, 2.45) is 0 Å². The van der Waals surface area contributed by atoms with Gasteiger partial charge in [-0.05, 0) is 62.2 Å². The number of hydrogen-bond donors (Lipinski definition) is 1. The molecule has 0 spiro atoms. The zero-order valence-corrected chi connectivity index (χ0v) is 16.8. The van der Waals surface area contributed by atoms with Gasteiger partial charge in [0.1, 0.15) is 11.4 Å². The normalized spacial score (nSPS) is 10.4. The minimum absolute atomic E-state index is 0.111. The lowest BCUT2D eigenvalue weighted by atomic mass is 10.1. The average Bonchev–Trinajstić information content (AvgIpc) is 2.73. The van der Waals surface area contributed by atoms with Crippen LogP contribution in [-0.2, 0) is 0 Å². The quantitative estimate of drug-likeness (QED) is 0.434. The van der Waals surface area contributed by atoms with Crippen LogP contribution in [0.25, 0.3) is 0 Å². The molecule has 0 saturated carbocycles. The number of ether oxygens (including phenoxy) is 2. The van der Waals surface area contributed by atoms with Crippen LogP contribution >= 0.6 is 0 Å². The second-order valence-electron chi connectivity index (χ2n) is 6.48. The number of aromatic nitrogens is 1. The maximum atomic E-state index is 12.7. The van der Waals surface area contributed by atoms with Gasteiger partial charge in [0, 0.05) is 17.8 Å². The van der Waals surface area contributed by atoms with Crippen molar-refractivity contribution in [1.82, 2.24) is 4.98 Å². The minimum atomic E-state index is -0.582. The summed E-state index contributed by atoms with van der Waals surface area (Å²) in [5.74, 6) is 0.431. The zero-order chi connectivity index (χ0) is 21.7. The first-order chi connectivity index (χ1) is 14.4. The van der Waals surface area contributed by atoms with E-state index in [4.69, 9.17) is 9.47 Å². The number of pyridine rings is 1. The highest BCUT2D eigenvalue weighted by molar-refractivity contribution is 6.05. The minimum Gasteiger partial charge on any atom is -0.487 e. The van der Waals surface area contributed by atoms with Crippen LogP contribution in [0.3, 0.4) is 0 Å². The number of nitro benzene ring substituents is 1. The highest BCUT2D eigenvalue weighted by atomic mass is 16.6. The summed E-state index contributed by atoms with van der Waals surface area (Å²) < 4.78 is 11.2. The molecular weight excluding hydrogens is 386 g/mol. The van der Waals surface area contributed by atoms with Gasteiger partial charge < -0.3 is 14.8 Å². The van der Waals surface area contributed by atoms with Crippen molar-refractivity contribution in [2.75, 3.05) is 11.9 Å². The molecule has 154 valence electrons. The molecule has 3 rings (SSSR count). The van der Waals surface area contributed by atoms with E-state index in [0.29, 0.717) is 11.4 Å². The van der Waals surface area contributed by atoms with Gasteiger partial charge in [-0.3, -0.25) is 14.9 Å². The van der Waals surface area contributed by atoms with Crippen LogP contribution in [0.4, 0.5) is 11.4 Å². The Morgan fingerprint density at radius 1 is 1.13 bits per heavy atom. The van der Waals surface area contributed by atoms with E-state index in [1.54, 1.807) is 25.3 Å². The Kier molecular flexibility index (Phi) is 6.26. The second kappa shape index (κ2) is 9.04. The molecule has 30 heavy (non-hydrogen) atoms. The van der Waals surface area contributed by atoms with Gasteiger partial charge in [-0.15, -0.1) is 0 Å². The maximum Gasteiger partial charge on any atom is 0.311 e. The molecule has 0 saturated heterocycles. The molecule has 0 aliphatic rings. The Morgan fingerprint density at radius 3 is 2.67 bits per heavy atom. The fourth-order valence-corrected chi connectivity index (χ4v) is 2.78. The van der Waals surface area contributed by atoms with Gasteiger partial charge in [0.25, 0.3) is 5.91 Å². The van der Waals surface area contributed by atoms with Crippen molar-refractivity contribution in [3.05, 3.63) is 81.5 Å². The van der Waals surface area contributed by atoms with Gasteiger partial charge in [-0.2, -0.15) is 0 Å². The van der Waals surface area contributed by atoms with E-state index >= 15 is 0 Å². The van der Waals surface area contributed by atoms with Gasteiger partial charge >= 0.3 is 5.69 Å². The van der Waals surface area contributed by atoms with Gasteiger partial charge in [-0.25, -0.2) is 4.98 Å². The van der Waals surface area contributed by atoms with Gasteiger partial charge in [0.05, 0.1) is 11.5 Å². The number of amides is 1. The van der Waals surface area contributed by atoms with Crippen LogP contribution in [0, 0.1) is 24.0 Å². The summed E-state index contributed by atoms with van der Waals surface area (Å²) in [7, 11) is 0. The fraction of sp³-hybridized carbons (Fsp3) is 0.182. The monoisotopic (exact) mass is 407 g/mol. The third kappa shape index (κ3) is 4.54. The lowest BCUT2D eigenvalue weighted by Gasteiger charge is -2.13. The maximum absolute atomic E-state index is 12.7. The number of anilines is 1. The third-order valence-electron chi connectivity index (χ3n) is 4.50. The van der Waals surface area contributed by atoms with Crippen LogP contribution in [0.5, 0.6) is 17.4 Å². The number of carbonyl (C=O) groups excluding carboxylic acids is 1. The number of nitrogens with one attached hydrogen (secondary N) is 1. The number of aryl methyl sites for hydroxylation is 1. The van der Waals surface area contributed by atoms with Crippen molar-refractivity contribution in [3.63, 3.8) is 0 Å². The molecule has 0 fully saturated rings. The first kappa shape index (κ1) is 20.8. The number of rotatable bonds is 7. The van der Waals surface area contributed by atoms with Crippen LogP contribution < -0.4 is 14.8 Å². The number of nitro groups is 1. The number of hydrogen-bond acceptors (Lipinski definition) is 6. The molecule has 2 aromatic carbocycles. The van der Waals surface area contributed by atoms with E-state index in [2.05, 4.69) is 10.3 Å². The molecule has 1 heterocycles. The highest BCUT2D eigenvalue weighted by Crippen LogP contribution is 2.32. The molecule has 3 aromatic rings. The summed E-state index contributed by atoms with van der Waals surface area (Å²) >= 11 is 0. The second-order valence-corrected chi connectivity index (χ2v) is 6.48. The topological polar surface area (TPSA) is 104 Å². The smallest absolute Gasteiger partial charge is 0.311 e. The summed E-state index contributed by atoms with van der Waals surface area (Å²) in [4.78, 5) is 27.7. The fourth-order valence-electron chi connectivity index (χ4n) is 2.78. The number of carbonyl (C=O) groups is 1. The molecule has 0 radical (unpaired) electrons. The zero-order valence-electron chi connectivity index (χ0n) is 16.8. The van der Waals surface area contributed by atoms with Crippen LogP contribution in [0.1, 0.15) is 28.4 Å². The molecule has 0 bridgehead atoms. The predicted octanol–water partition coefficient (Wildman–Crippen LogP) is 5.05. The summed E-state index contributed by atoms with van der Waals surface area (Å²) in [5, 5.41) is 14.0. The molecule has 0 aliphatic heterocycles. The van der Waals surface area contributed by atoms with Crippen molar-refractivity contribution < 1.29 is 19.2 Å². The van der Waals surface area contributed by atoms with Crippen LogP contribution in [0.2, 0.25) is 0 Å². The molecule has 0 unspecified atom stereocenters. The standard InChI is InChI=1S/C22H21N3O5/c1-4-29-20-11-10-16(13-18(20)25(27)28)21(26)24-17-8-6-12-23-22(17)30-19-9-5-7-14(2)15(19)3/h5-13H,4H2,1-3H3,(H,24,26). The predicted molar refractivity (Wildman–Crippen MR) is 112 cm³/mol. The van der Waals surface area contributed by atoms with Crippen molar-refractivity contribution in [2.45, 2.75) is 20.8 Å².